The molecule has 0 bridgehead atoms. The molecule has 31 nitrogen and oxygen atoms in total. The second kappa shape index (κ2) is 23.8. The van der Waals surface area contributed by atoms with E-state index in [1.807, 2.05) is 0 Å². The number of aliphatic hydroxyl groups excluding tert-OH is 16. The Balaban J connectivity index is 1.35. The minimum absolute atomic E-state index is 0.805. The summed E-state index contributed by atoms with van der Waals surface area (Å²) in [5, 5.41) is 184. The van der Waals surface area contributed by atoms with Crippen molar-refractivity contribution in [1.82, 2.24) is 10.6 Å². The van der Waals surface area contributed by atoms with Crippen LogP contribution in [-0.2, 0) is 57.0 Å². The molecule has 0 aromatic heterocycles. The Morgan fingerprint density at radius 1 is 0.603 bits per heavy atom. The predicted molar refractivity (Wildman–Crippen MR) is 207 cm³/mol. The van der Waals surface area contributed by atoms with Gasteiger partial charge in [-0.15, -0.1) is 0 Å². The smallest absolute Gasteiger partial charge is 0.364 e. The molecule has 0 aromatic rings. The number of nitrogens with one attached hydrogen (secondary N) is 2. The van der Waals surface area contributed by atoms with E-state index in [2.05, 4.69) is 10.6 Å². The van der Waals surface area contributed by atoms with Crippen LogP contribution < -0.4 is 10.6 Å². The van der Waals surface area contributed by atoms with Gasteiger partial charge in [0.25, 0.3) is 5.79 Å². The van der Waals surface area contributed by atoms with E-state index in [0.717, 1.165) is 13.8 Å². The zero-order chi connectivity index (χ0) is 50.7. The molecule has 5 saturated heterocycles. The molecule has 5 rings (SSSR count). The Morgan fingerprint density at radius 2 is 1.13 bits per heavy atom. The molecule has 0 aliphatic carbocycles. The summed E-state index contributed by atoms with van der Waals surface area (Å²) in [6.07, 6.45) is -46.4. The molecule has 5 aliphatic heterocycles. The lowest BCUT2D eigenvalue weighted by atomic mass is 9.88. The number of aliphatic carboxylic acids is 1. The fraction of sp³-hybridized carbons (Fsp3) is 0.919. The molecule has 2 amide bonds. The molecule has 5 heterocycles. The fourth-order valence-corrected chi connectivity index (χ4v) is 8.43. The molecule has 394 valence electrons. The van der Waals surface area contributed by atoms with Crippen molar-refractivity contribution in [3.05, 3.63) is 0 Å². The largest absolute Gasteiger partial charge is 0.477 e. The Morgan fingerprint density at radius 3 is 1.71 bits per heavy atom. The van der Waals surface area contributed by atoms with E-state index < -0.39 is 216 Å². The quantitative estimate of drug-likeness (QED) is 0.0606. The summed E-state index contributed by atoms with van der Waals surface area (Å²) in [7, 11) is 0. The van der Waals surface area contributed by atoms with Gasteiger partial charge in [-0.3, -0.25) is 9.59 Å². The molecule has 5 aliphatic rings. The number of carbonyl (C=O) groups is 3. The fourth-order valence-electron chi connectivity index (χ4n) is 8.43. The summed E-state index contributed by atoms with van der Waals surface area (Å²) in [4.78, 5) is 37.3. The summed E-state index contributed by atoms with van der Waals surface area (Å²) >= 11 is 0. The average molecular weight is 999 g/mol. The molecule has 0 aromatic carbocycles. The number of amides is 2. The molecular formula is C37H62N2O29. The lowest BCUT2D eigenvalue weighted by Crippen LogP contribution is -2.71. The first kappa shape index (κ1) is 56.3. The van der Waals surface area contributed by atoms with Crippen molar-refractivity contribution in [3.8, 4) is 0 Å². The van der Waals surface area contributed by atoms with Crippen LogP contribution in [-0.4, -0.2) is 297 Å². The number of rotatable bonds is 18. The van der Waals surface area contributed by atoms with E-state index in [1.165, 1.54) is 0 Å². The maximum atomic E-state index is 12.9. The van der Waals surface area contributed by atoms with Gasteiger partial charge in [0.1, 0.15) is 116 Å². The van der Waals surface area contributed by atoms with Gasteiger partial charge in [0.05, 0.1) is 45.2 Å². The zero-order valence-corrected chi connectivity index (χ0v) is 36.2. The highest BCUT2D eigenvalue weighted by atomic mass is 16.8. The standard InChI is InChI=1S/C37H62N2O29/c1-9(44)38-17-11(46)3-37(36(58)59,67-29(17)19(48)12(47)4-40)68-31-22(51)14(6-42)62-35(27(31)56)65-28-15(7-43)63-33(18(23(28)52)39-10(2)45)60-8-16-20(49)24(53)25(54)34(64-16)66-30-21(50)13(5-41)61-32(57)26(30)55/h11-35,40-43,46-57H,3-8H2,1-2H3,(H,38,44)(H,39,45)(H,58,59)/t11-,12+,13+,14+,15+,16+,17+,18+,19+,20-,21-,22-,23+,24-,25+,26+,27+,28+,29+,30-,31-,32?,33+,34-,35-,37-/m0/s1. The van der Waals surface area contributed by atoms with Gasteiger partial charge in [-0.25, -0.2) is 4.79 Å². The number of carbonyl (C=O) groups excluding carboxylic acids is 2. The van der Waals surface area contributed by atoms with Gasteiger partial charge >= 0.3 is 5.97 Å². The first-order chi connectivity index (χ1) is 31.9. The van der Waals surface area contributed by atoms with Crippen LogP contribution in [0.1, 0.15) is 20.3 Å². The highest BCUT2D eigenvalue weighted by Gasteiger charge is 2.60. The molecule has 0 spiro atoms. The lowest BCUT2D eigenvalue weighted by molar-refractivity contribution is -0.384. The summed E-state index contributed by atoms with van der Waals surface area (Å²) in [6, 6.07) is -3.34. The SMILES string of the molecule is CC(=O)N[C@H]1[C@H](OC[C@H]2O[C@@H](O[C@H]3[C@@H](O)[C@@H](CO)OC(O)[C@@H]3O)[C@H](O)[C@@H](O)[C@H]2O)O[C@H](CO)[C@@H](O[C@@H]2O[C@H](CO)[C@H](O)[C@H](O[C@]3(C(=O)O)C[C@H](O)[C@@H](NC(C)=O)[C@H]([C@H](O)[C@H](O)CO)O3)[C@H]2O)[C@@H]1O. The van der Waals surface area contributed by atoms with Crippen LogP contribution in [0.25, 0.3) is 0 Å². The molecule has 0 radical (unpaired) electrons. The van der Waals surface area contributed by atoms with Crippen LogP contribution in [0, 0.1) is 0 Å². The summed E-state index contributed by atoms with van der Waals surface area (Å²) in [6.45, 7) is -2.93. The van der Waals surface area contributed by atoms with Gasteiger partial charge in [-0.1, -0.05) is 0 Å². The van der Waals surface area contributed by atoms with Crippen LogP contribution in [0.5, 0.6) is 0 Å². The summed E-state index contributed by atoms with van der Waals surface area (Å²) in [5.41, 5.74) is 0. The van der Waals surface area contributed by atoms with Crippen LogP contribution in [0.4, 0.5) is 0 Å². The minimum Gasteiger partial charge on any atom is -0.477 e. The molecule has 26 atom stereocenters. The van der Waals surface area contributed by atoms with Crippen LogP contribution >= 0.6 is 0 Å². The Hall–Kier alpha value is -2.59. The second-order valence-corrected chi connectivity index (χ2v) is 16.9. The van der Waals surface area contributed by atoms with Crippen LogP contribution in [0.3, 0.4) is 0 Å². The highest BCUT2D eigenvalue weighted by Crippen LogP contribution is 2.39. The number of hydrogen-bond donors (Lipinski definition) is 19. The predicted octanol–water partition coefficient (Wildman–Crippen LogP) is -12.4. The Kier molecular flexibility index (Phi) is 19.7. The van der Waals surface area contributed by atoms with E-state index in [-0.39, 0.29) is 0 Å². The van der Waals surface area contributed by atoms with Gasteiger partial charge in [-0.05, 0) is 0 Å². The van der Waals surface area contributed by atoms with Crippen molar-refractivity contribution in [2.75, 3.05) is 33.0 Å². The average Bonchev–Trinajstić information content (AvgIpc) is 3.29. The zero-order valence-electron chi connectivity index (χ0n) is 36.2. The Labute approximate surface area is 384 Å². The van der Waals surface area contributed by atoms with Crippen molar-refractivity contribution in [2.24, 2.45) is 0 Å². The molecule has 68 heavy (non-hydrogen) atoms. The van der Waals surface area contributed by atoms with E-state index >= 15 is 0 Å². The van der Waals surface area contributed by atoms with Crippen molar-refractivity contribution in [1.29, 1.82) is 0 Å². The van der Waals surface area contributed by atoms with Gasteiger partial charge in [0.2, 0.25) is 11.8 Å². The second-order valence-electron chi connectivity index (χ2n) is 16.9. The molecule has 0 saturated carbocycles. The van der Waals surface area contributed by atoms with Gasteiger partial charge < -0.3 is 140 Å². The first-order valence-corrected chi connectivity index (χ1v) is 21.2. The van der Waals surface area contributed by atoms with Crippen molar-refractivity contribution in [2.45, 2.75) is 179 Å². The number of carboxylic acid groups (broad SMARTS) is 1. The molecule has 1 unspecified atom stereocenters. The van der Waals surface area contributed by atoms with Crippen LogP contribution in [0.2, 0.25) is 0 Å². The highest BCUT2D eigenvalue weighted by molar-refractivity contribution is 5.76. The number of aliphatic hydroxyl groups is 16. The van der Waals surface area contributed by atoms with Crippen molar-refractivity contribution in [3.63, 3.8) is 0 Å². The number of carboxylic acids is 1. The normalized spacial score (nSPS) is 46.6. The van der Waals surface area contributed by atoms with E-state index in [1.54, 1.807) is 0 Å². The van der Waals surface area contributed by atoms with Crippen molar-refractivity contribution < 1.29 is 144 Å². The third-order valence-electron chi connectivity index (χ3n) is 12.1. The third kappa shape index (κ3) is 12.0. The maximum absolute atomic E-state index is 12.9. The summed E-state index contributed by atoms with van der Waals surface area (Å²) in [5.74, 6) is -6.84. The molecular weight excluding hydrogens is 936 g/mol. The Bertz CT molecular complexity index is 1660. The monoisotopic (exact) mass is 998 g/mol. The lowest BCUT2D eigenvalue weighted by Gasteiger charge is -2.51. The molecule has 19 N–H and O–H groups in total. The van der Waals surface area contributed by atoms with Gasteiger partial charge in [0.15, 0.2) is 25.2 Å². The summed E-state index contributed by atoms with van der Waals surface area (Å²) < 4.78 is 50.1. The minimum atomic E-state index is -3.15. The third-order valence-corrected chi connectivity index (χ3v) is 12.1. The molecule has 31 heteroatoms. The van der Waals surface area contributed by atoms with Crippen molar-refractivity contribution >= 4 is 17.8 Å². The molecule has 5 fully saturated rings. The topological polar surface area (TPSA) is 502 Å². The van der Waals surface area contributed by atoms with E-state index in [4.69, 9.17) is 42.6 Å². The first-order valence-electron chi connectivity index (χ1n) is 21.2. The maximum Gasteiger partial charge on any atom is 0.364 e. The van der Waals surface area contributed by atoms with E-state index in [0.29, 0.717) is 0 Å². The number of ether oxygens (including phenoxy) is 9. The number of hydrogen-bond acceptors (Lipinski definition) is 28. The van der Waals surface area contributed by atoms with Gasteiger partial charge in [0, 0.05) is 20.3 Å². The van der Waals surface area contributed by atoms with Crippen LogP contribution in [0.15, 0.2) is 0 Å². The van der Waals surface area contributed by atoms with E-state index in [9.17, 15) is 101 Å². The van der Waals surface area contributed by atoms with Gasteiger partial charge in [-0.2, -0.15) is 0 Å².